The number of fused-ring (bicyclic) bond motifs is 2. The van der Waals surface area contributed by atoms with Crippen LogP contribution in [-0.2, 0) is 35.6 Å². The van der Waals surface area contributed by atoms with Gasteiger partial charge in [0.1, 0.15) is 6.04 Å². The molecule has 4 heterocycles. The Kier molecular flexibility index (Phi) is 4.31. The van der Waals surface area contributed by atoms with Gasteiger partial charge in [-0.3, -0.25) is 19.7 Å². The molecular formula is C20H21N5O4. The van der Waals surface area contributed by atoms with E-state index in [2.05, 4.69) is 21.1 Å². The lowest BCUT2D eigenvalue weighted by molar-refractivity contribution is -0.136. The first-order chi connectivity index (χ1) is 14.1. The third-order valence-corrected chi connectivity index (χ3v) is 5.76. The minimum Gasteiger partial charge on any atom is -0.350 e. The first-order valence-electron chi connectivity index (χ1n) is 9.78. The van der Waals surface area contributed by atoms with E-state index in [1.807, 2.05) is 18.2 Å². The smallest absolute Gasteiger partial charge is 0.255 e. The molecule has 5 rings (SSSR count). The first kappa shape index (κ1) is 17.9. The van der Waals surface area contributed by atoms with E-state index < -0.39 is 11.9 Å². The van der Waals surface area contributed by atoms with Crippen molar-refractivity contribution in [2.45, 2.75) is 44.9 Å². The number of nitrogens with zero attached hydrogens (tertiary/aromatic N) is 2. The van der Waals surface area contributed by atoms with E-state index in [0.29, 0.717) is 31.0 Å². The molecule has 2 aromatic rings. The topological polar surface area (TPSA) is 117 Å². The summed E-state index contributed by atoms with van der Waals surface area (Å²) in [6.07, 6.45) is 1.47. The van der Waals surface area contributed by atoms with E-state index in [1.165, 1.54) is 0 Å². The van der Waals surface area contributed by atoms with Crippen LogP contribution in [0.5, 0.6) is 0 Å². The Balaban J connectivity index is 1.30. The molecule has 3 aliphatic heterocycles. The number of rotatable bonds is 4. The fourth-order valence-electron chi connectivity index (χ4n) is 4.17. The molecule has 0 saturated carbocycles. The largest absolute Gasteiger partial charge is 0.350 e. The maximum absolute atomic E-state index is 12.9. The van der Waals surface area contributed by atoms with E-state index in [0.717, 1.165) is 41.9 Å². The maximum Gasteiger partial charge on any atom is 0.255 e. The Morgan fingerprint density at radius 1 is 1.24 bits per heavy atom. The summed E-state index contributed by atoms with van der Waals surface area (Å²) in [5.74, 6) is -0.191. The van der Waals surface area contributed by atoms with Crippen LogP contribution < -0.4 is 16.0 Å². The average molecular weight is 395 g/mol. The summed E-state index contributed by atoms with van der Waals surface area (Å²) in [4.78, 5) is 38.0. The number of aromatic nitrogens is 1. The van der Waals surface area contributed by atoms with Crippen molar-refractivity contribution in [1.82, 2.24) is 20.7 Å². The molecule has 1 fully saturated rings. The van der Waals surface area contributed by atoms with Crippen molar-refractivity contribution in [3.05, 3.63) is 46.1 Å². The highest BCUT2D eigenvalue weighted by Crippen LogP contribution is 2.29. The highest BCUT2D eigenvalue weighted by atomic mass is 16.5. The van der Waals surface area contributed by atoms with Crippen LogP contribution in [0, 0.1) is 0 Å². The third kappa shape index (κ3) is 3.17. The standard InChI is InChI=1S/C20H21N5O4/c26-17-4-3-16(18(27)23-17)25-10-12-2-1-11(7-13(12)20(25)28)8-22-19-14-9-21-6-5-15(14)24-29-19/h1-2,7,16,21-22H,3-6,8-10H2,(H,23,26,27). The van der Waals surface area contributed by atoms with Gasteiger partial charge in [-0.1, -0.05) is 17.3 Å². The maximum atomic E-state index is 12.9. The predicted molar refractivity (Wildman–Crippen MR) is 102 cm³/mol. The van der Waals surface area contributed by atoms with E-state index in [1.54, 1.807) is 4.90 Å². The number of hydrogen-bond acceptors (Lipinski definition) is 7. The number of carbonyl (C=O) groups is 3. The number of carbonyl (C=O) groups excluding carboxylic acids is 3. The monoisotopic (exact) mass is 395 g/mol. The summed E-state index contributed by atoms with van der Waals surface area (Å²) in [6, 6.07) is 5.15. The van der Waals surface area contributed by atoms with Crippen LogP contribution in [0.2, 0.25) is 0 Å². The molecule has 150 valence electrons. The fraction of sp³-hybridized carbons (Fsp3) is 0.400. The molecule has 1 atom stereocenters. The molecule has 0 bridgehead atoms. The number of nitrogens with one attached hydrogen (secondary N) is 3. The SMILES string of the molecule is O=C1CCC(N2Cc3ccc(CNc4onc5c4CNCC5)cc3C2=O)C(=O)N1. The highest BCUT2D eigenvalue weighted by molar-refractivity contribution is 6.05. The Bertz CT molecular complexity index is 1010. The van der Waals surface area contributed by atoms with Crippen LogP contribution in [0.3, 0.4) is 0 Å². The summed E-state index contributed by atoms with van der Waals surface area (Å²) in [6.45, 7) is 2.51. The van der Waals surface area contributed by atoms with Gasteiger partial charge in [-0.25, -0.2) is 0 Å². The molecule has 0 aliphatic carbocycles. The van der Waals surface area contributed by atoms with Gasteiger partial charge >= 0.3 is 0 Å². The first-order valence-corrected chi connectivity index (χ1v) is 9.78. The van der Waals surface area contributed by atoms with Crippen LogP contribution >= 0.6 is 0 Å². The predicted octanol–water partition coefficient (Wildman–Crippen LogP) is 0.693. The van der Waals surface area contributed by atoms with Crippen LogP contribution in [-0.4, -0.2) is 40.4 Å². The number of anilines is 1. The minimum atomic E-state index is -0.595. The van der Waals surface area contributed by atoms with Crippen LogP contribution in [0.25, 0.3) is 0 Å². The fourth-order valence-corrected chi connectivity index (χ4v) is 4.17. The van der Waals surface area contributed by atoms with E-state index >= 15 is 0 Å². The van der Waals surface area contributed by atoms with Crippen molar-refractivity contribution in [2.24, 2.45) is 0 Å². The molecule has 3 amide bonds. The molecule has 3 aliphatic rings. The third-order valence-electron chi connectivity index (χ3n) is 5.76. The Morgan fingerprint density at radius 3 is 3.00 bits per heavy atom. The van der Waals surface area contributed by atoms with Gasteiger partial charge in [0.25, 0.3) is 5.91 Å². The normalized spacial score (nSPS) is 21.0. The second-order valence-corrected chi connectivity index (χ2v) is 7.61. The number of amides is 3. The Hall–Kier alpha value is -3.20. The zero-order valence-electron chi connectivity index (χ0n) is 15.8. The number of piperidine rings is 1. The van der Waals surface area contributed by atoms with Gasteiger partial charge in [0, 0.05) is 44.6 Å². The molecule has 29 heavy (non-hydrogen) atoms. The average Bonchev–Trinajstić information content (AvgIpc) is 3.28. The van der Waals surface area contributed by atoms with Crippen LogP contribution in [0.15, 0.2) is 22.7 Å². The van der Waals surface area contributed by atoms with Gasteiger partial charge in [-0.05, 0) is 23.6 Å². The second-order valence-electron chi connectivity index (χ2n) is 7.61. The summed E-state index contributed by atoms with van der Waals surface area (Å²) >= 11 is 0. The second kappa shape index (κ2) is 7.00. The van der Waals surface area contributed by atoms with Crippen molar-refractivity contribution in [1.29, 1.82) is 0 Å². The van der Waals surface area contributed by atoms with Gasteiger partial charge in [-0.2, -0.15) is 0 Å². The molecule has 3 N–H and O–H groups in total. The molecular weight excluding hydrogens is 374 g/mol. The summed E-state index contributed by atoms with van der Waals surface area (Å²) in [7, 11) is 0. The Labute approximate surface area is 166 Å². The van der Waals surface area contributed by atoms with Crippen molar-refractivity contribution >= 4 is 23.6 Å². The molecule has 9 heteroatoms. The van der Waals surface area contributed by atoms with Gasteiger partial charge in [-0.15, -0.1) is 0 Å². The molecule has 1 aromatic heterocycles. The van der Waals surface area contributed by atoms with Gasteiger partial charge in [0.15, 0.2) is 0 Å². The van der Waals surface area contributed by atoms with Crippen molar-refractivity contribution < 1.29 is 18.9 Å². The van der Waals surface area contributed by atoms with Crippen LogP contribution in [0.4, 0.5) is 5.88 Å². The zero-order chi connectivity index (χ0) is 20.0. The van der Waals surface area contributed by atoms with Crippen molar-refractivity contribution in [3.8, 4) is 0 Å². The van der Waals surface area contributed by atoms with Crippen LogP contribution in [0.1, 0.15) is 45.6 Å². The van der Waals surface area contributed by atoms with E-state index in [4.69, 9.17) is 4.52 Å². The van der Waals surface area contributed by atoms with Gasteiger partial charge < -0.3 is 20.1 Å². The van der Waals surface area contributed by atoms with Crippen molar-refractivity contribution in [2.75, 3.05) is 11.9 Å². The lowest BCUT2D eigenvalue weighted by Crippen LogP contribution is -2.52. The van der Waals surface area contributed by atoms with E-state index in [9.17, 15) is 14.4 Å². The molecule has 1 aromatic carbocycles. The molecule has 0 spiro atoms. The van der Waals surface area contributed by atoms with Crippen molar-refractivity contribution in [3.63, 3.8) is 0 Å². The molecule has 9 nitrogen and oxygen atoms in total. The van der Waals surface area contributed by atoms with E-state index in [-0.39, 0.29) is 18.2 Å². The Morgan fingerprint density at radius 2 is 2.14 bits per heavy atom. The zero-order valence-corrected chi connectivity index (χ0v) is 15.8. The minimum absolute atomic E-state index is 0.169. The summed E-state index contributed by atoms with van der Waals surface area (Å²) in [5.41, 5.74) is 4.48. The molecule has 0 radical (unpaired) electrons. The molecule has 1 saturated heterocycles. The lowest BCUT2D eigenvalue weighted by Gasteiger charge is -2.29. The lowest BCUT2D eigenvalue weighted by atomic mass is 10.0. The summed E-state index contributed by atoms with van der Waals surface area (Å²) < 4.78 is 5.42. The quantitative estimate of drug-likeness (QED) is 0.652. The number of benzene rings is 1. The number of imide groups is 1. The summed E-state index contributed by atoms with van der Waals surface area (Å²) in [5, 5.41) is 13.0. The van der Waals surface area contributed by atoms with Gasteiger partial charge in [0.2, 0.25) is 17.7 Å². The number of hydrogen-bond donors (Lipinski definition) is 3. The molecule has 1 unspecified atom stereocenters. The van der Waals surface area contributed by atoms with Gasteiger partial charge in [0.05, 0.1) is 11.3 Å². The highest BCUT2D eigenvalue weighted by Gasteiger charge is 2.39.